The maximum absolute atomic E-state index is 12.7. The molecule has 2 atom stereocenters. The smallest absolute Gasteiger partial charge is 0.306 e. The van der Waals surface area contributed by atoms with Crippen LogP contribution in [0.2, 0.25) is 0 Å². The molecule has 2 unspecified atom stereocenters. The number of esters is 2. The molecule has 64 heavy (non-hydrogen) atoms. The molecule has 0 spiro atoms. The number of phosphoric acid groups is 1. The van der Waals surface area contributed by atoms with E-state index in [4.69, 9.17) is 18.5 Å². The molecule has 0 bridgehead atoms. The van der Waals surface area contributed by atoms with Crippen LogP contribution in [0.25, 0.3) is 0 Å². The minimum Gasteiger partial charge on any atom is -0.756 e. The second-order valence-corrected chi connectivity index (χ2v) is 21.7. The van der Waals surface area contributed by atoms with E-state index in [-0.39, 0.29) is 32.0 Å². The average molecular weight is 930 g/mol. The van der Waals surface area contributed by atoms with Gasteiger partial charge >= 0.3 is 11.9 Å². The Morgan fingerprint density at radius 3 is 1.00 bits per heavy atom. The highest BCUT2D eigenvalue weighted by atomic mass is 31.2. The Hall–Kier alpha value is -0.990. The number of hydrogen-bond acceptors (Lipinski definition) is 8. The van der Waals surface area contributed by atoms with E-state index in [9.17, 15) is 19.0 Å². The van der Waals surface area contributed by atoms with E-state index in [2.05, 4.69) is 13.8 Å². The molecule has 0 aliphatic carbocycles. The van der Waals surface area contributed by atoms with Gasteiger partial charge in [0.1, 0.15) is 19.8 Å². The largest absolute Gasteiger partial charge is 0.756 e. The highest BCUT2D eigenvalue weighted by Crippen LogP contribution is 2.38. The second kappa shape index (κ2) is 47.1. The summed E-state index contributed by atoms with van der Waals surface area (Å²) >= 11 is 0. The molecular formula is C54H108NO8P. The maximum atomic E-state index is 12.7. The van der Waals surface area contributed by atoms with Crippen LogP contribution in [-0.4, -0.2) is 70.0 Å². The normalized spacial score (nSPS) is 13.3. The standard InChI is InChI=1S/C54H108NO8P/c1-6-8-10-12-14-16-18-19-20-21-22-23-24-25-26-27-28-29-30-31-32-33-34-35-36-37-39-41-43-45-47-54(57)63-52(51-62-64(58,59)61-49-48-55(3,4)5)50-60-53(56)46-44-42-40-38-17-15-13-11-9-7-2/h52H,6-51H2,1-5H3. The lowest BCUT2D eigenvalue weighted by atomic mass is 10.0. The Labute approximate surface area is 397 Å². The summed E-state index contributed by atoms with van der Waals surface area (Å²) < 4.78 is 34.0. The third-order valence-electron chi connectivity index (χ3n) is 12.6. The Kier molecular flexibility index (Phi) is 46.4. The fourth-order valence-corrected chi connectivity index (χ4v) is 9.03. The van der Waals surface area contributed by atoms with Crippen molar-refractivity contribution in [2.24, 2.45) is 0 Å². The van der Waals surface area contributed by atoms with Crippen molar-refractivity contribution in [1.82, 2.24) is 0 Å². The summed E-state index contributed by atoms with van der Waals surface area (Å²) in [6.07, 6.45) is 51.7. The van der Waals surface area contributed by atoms with E-state index in [0.717, 1.165) is 32.1 Å². The van der Waals surface area contributed by atoms with E-state index in [1.807, 2.05) is 21.1 Å². The van der Waals surface area contributed by atoms with Gasteiger partial charge in [0.2, 0.25) is 0 Å². The van der Waals surface area contributed by atoms with Crippen LogP contribution >= 0.6 is 7.82 Å². The fourth-order valence-electron chi connectivity index (χ4n) is 8.31. The summed E-state index contributed by atoms with van der Waals surface area (Å²) in [4.78, 5) is 37.6. The molecule has 0 heterocycles. The van der Waals surface area contributed by atoms with Gasteiger partial charge in [-0.1, -0.05) is 258 Å². The number of hydrogen-bond donors (Lipinski definition) is 0. The van der Waals surface area contributed by atoms with E-state index in [1.165, 1.54) is 218 Å². The molecule has 0 fully saturated rings. The van der Waals surface area contributed by atoms with Gasteiger partial charge in [-0.05, 0) is 12.8 Å². The van der Waals surface area contributed by atoms with Crippen molar-refractivity contribution in [2.75, 3.05) is 47.5 Å². The summed E-state index contributed by atoms with van der Waals surface area (Å²) in [5.74, 6) is -0.817. The molecule has 0 saturated heterocycles. The number of carbonyl (C=O) groups is 2. The van der Waals surface area contributed by atoms with Crippen LogP contribution in [0.5, 0.6) is 0 Å². The Morgan fingerprint density at radius 2 is 0.703 bits per heavy atom. The first kappa shape index (κ1) is 63.0. The van der Waals surface area contributed by atoms with Gasteiger partial charge in [0.25, 0.3) is 7.82 Å². The minimum absolute atomic E-state index is 0.0255. The van der Waals surface area contributed by atoms with Crippen LogP contribution in [0.3, 0.4) is 0 Å². The molecule has 0 saturated carbocycles. The van der Waals surface area contributed by atoms with Gasteiger partial charge < -0.3 is 27.9 Å². The van der Waals surface area contributed by atoms with Crippen LogP contribution in [0.4, 0.5) is 0 Å². The van der Waals surface area contributed by atoms with Crippen LogP contribution in [0, 0.1) is 0 Å². The molecule has 0 radical (unpaired) electrons. The zero-order valence-electron chi connectivity index (χ0n) is 43.3. The summed E-state index contributed by atoms with van der Waals surface area (Å²) in [6, 6.07) is 0. The molecular weight excluding hydrogens is 822 g/mol. The van der Waals surface area contributed by atoms with Gasteiger partial charge in [-0.25, -0.2) is 0 Å². The first-order chi connectivity index (χ1) is 31.0. The number of quaternary nitrogens is 1. The monoisotopic (exact) mass is 930 g/mol. The van der Waals surface area contributed by atoms with Crippen LogP contribution in [-0.2, 0) is 32.7 Å². The number of rotatable bonds is 52. The van der Waals surface area contributed by atoms with Crippen LogP contribution in [0.15, 0.2) is 0 Å². The molecule has 0 aliphatic heterocycles. The molecule has 0 aliphatic rings. The van der Waals surface area contributed by atoms with Gasteiger partial charge in [-0.2, -0.15) is 0 Å². The third-order valence-corrected chi connectivity index (χ3v) is 13.6. The highest BCUT2D eigenvalue weighted by molar-refractivity contribution is 7.45. The lowest BCUT2D eigenvalue weighted by Gasteiger charge is -2.28. The van der Waals surface area contributed by atoms with Crippen LogP contribution < -0.4 is 4.89 Å². The topological polar surface area (TPSA) is 111 Å². The van der Waals surface area contributed by atoms with E-state index in [1.54, 1.807) is 0 Å². The van der Waals surface area contributed by atoms with Gasteiger partial charge in [-0.3, -0.25) is 14.2 Å². The van der Waals surface area contributed by atoms with Crippen molar-refractivity contribution >= 4 is 19.8 Å². The molecule has 0 aromatic carbocycles. The zero-order chi connectivity index (χ0) is 47.1. The van der Waals surface area contributed by atoms with Crippen molar-refractivity contribution in [1.29, 1.82) is 0 Å². The number of ether oxygens (including phenoxy) is 2. The Balaban J connectivity index is 3.95. The summed E-state index contributed by atoms with van der Waals surface area (Å²) in [5.41, 5.74) is 0. The number of unbranched alkanes of at least 4 members (excludes halogenated alkanes) is 38. The predicted molar refractivity (Wildman–Crippen MR) is 269 cm³/mol. The van der Waals surface area contributed by atoms with Crippen molar-refractivity contribution in [3.63, 3.8) is 0 Å². The quantitative estimate of drug-likeness (QED) is 0.0257. The first-order valence-corrected chi connectivity index (χ1v) is 29.2. The van der Waals surface area contributed by atoms with Crippen molar-refractivity contribution < 1.29 is 42.1 Å². The van der Waals surface area contributed by atoms with Crippen molar-refractivity contribution in [2.45, 2.75) is 290 Å². The van der Waals surface area contributed by atoms with Gasteiger partial charge in [0, 0.05) is 12.8 Å². The number of phosphoric ester groups is 1. The first-order valence-electron chi connectivity index (χ1n) is 27.7. The van der Waals surface area contributed by atoms with E-state index >= 15 is 0 Å². The molecule has 0 amide bonds. The summed E-state index contributed by atoms with van der Waals surface area (Å²) in [5, 5.41) is 0. The lowest BCUT2D eigenvalue weighted by molar-refractivity contribution is -0.870. The number of nitrogens with zero attached hydrogens (tertiary/aromatic N) is 1. The summed E-state index contributed by atoms with van der Waals surface area (Å²) in [6.45, 7) is 4.27. The van der Waals surface area contributed by atoms with Crippen molar-refractivity contribution in [3.8, 4) is 0 Å². The fraction of sp³-hybridized carbons (Fsp3) is 0.963. The van der Waals surface area contributed by atoms with Gasteiger partial charge in [-0.15, -0.1) is 0 Å². The molecule has 0 N–H and O–H groups in total. The zero-order valence-corrected chi connectivity index (χ0v) is 44.2. The summed E-state index contributed by atoms with van der Waals surface area (Å²) in [7, 11) is 1.19. The molecule has 0 rings (SSSR count). The molecule has 0 aromatic rings. The van der Waals surface area contributed by atoms with Crippen LogP contribution in [0.1, 0.15) is 284 Å². The van der Waals surface area contributed by atoms with Gasteiger partial charge in [0.15, 0.2) is 6.10 Å². The Bertz CT molecular complexity index is 1050. The molecule has 0 aromatic heterocycles. The molecule has 9 nitrogen and oxygen atoms in total. The molecule has 382 valence electrons. The van der Waals surface area contributed by atoms with E-state index < -0.39 is 26.5 Å². The van der Waals surface area contributed by atoms with Gasteiger partial charge in [0.05, 0.1) is 27.7 Å². The minimum atomic E-state index is -4.62. The molecule has 10 heteroatoms. The lowest BCUT2D eigenvalue weighted by Crippen LogP contribution is -2.37. The predicted octanol–water partition coefficient (Wildman–Crippen LogP) is 16.1. The van der Waals surface area contributed by atoms with Crippen molar-refractivity contribution in [3.05, 3.63) is 0 Å². The maximum Gasteiger partial charge on any atom is 0.306 e. The number of carbonyl (C=O) groups excluding carboxylic acids is 2. The SMILES string of the molecule is CCCCCCCCCCCCCCCCCCCCCCCCCCCCCCCCC(=O)OC(COC(=O)CCCCCCCCCCCC)COP(=O)([O-])OCC[N+](C)(C)C. The Morgan fingerprint density at radius 1 is 0.422 bits per heavy atom. The van der Waals surface area contributed by atoms with E-state index in [0.29, 0.717) is 17.4 Å². The highest BCUT2D eigenvalue weighted by Gasteiger charge is 2.22. The third kappa shape index (κ3) is 50.4. The average Bonchev–Trinajstić information content (AvgIpc) is 3.25. The number of likely N-dealkylation sites (N-methyl/N-ethyl adjacent to an activating group) is 1. The second-order valence-electron chi connectivity index (χ2n) is 20.3.